The van der Waals surface area contributed by atoms with Crippen LogP contribution in [0, 0.1) is 0 Å². The van der Waals surface area contributed by atoms with Crippen molar-refractivity contribution in [2.24, 2.45) is 0 Å². The number of aliphatic hydroxyl groups excluding tert-OH is 2. The highest BCUT2D eigenvalue weighted by Crippen LogP contribution is 2.17. The first kappa shape index (κ1) is 59.6. The van der Waals surface area contributed by atoms with Crippen LogP contribution in [0.25, 0.3) is 0 Å². The predicted octanol–water partition coefficient (Wildman–Crippen LogP) is 16.0. The standard InChI is InChI=1S/C56H101NO5/c1-4-7-10-13-16-19-22-25-27-28-30-32-35-38-41-44-47-52(62-56(61)49-46-43-40-37-34-31-26-23-20-17-14-11-8-5-2)50-55(60)57-53(51-58)54(59)48-45-42-39-36-33-29-24-21-18-15-12-9-6-3/h8,11,17,20,22,25,27-28,30,32,52-54,58-59H,4-7,9-10,12-16,18-19,21,23-24,26,29,31,33-51H2,1-3H3,(H,57,60)/b11-8+,20-17+,25-22+,28-27+,32-30+. The first-order valence-corrected chi connectivity index (χ1v) is 26.5. The summed E-state index contributed by atoms with van der Waals surface area (Å²) in [6, 6.07) is -0.715. The molecule has 0 aromatic rings. The molecule has 3 atom stereocenters. The Balaban J connectivity index is 4.66. The van der Waals surface area contributed by atoms with E-state index in [4.69, 9.17) is 4.74 Å². The lowest BCUT2D eigenvalue weighted by Crippen LogP contribution is -2.46. The summed E-state index contributed by atoms with van der Waals surface area (Å²) in [6.07, 6.45) is 61.3. The van der Waals surface area contributed by atoms with Gasteiger partial charge in [0.15, 0.2) is 0 Å². The minimum absolute atomic E-state index is 0.0509. The van der Waals surface area contributed by atoms with Gasteiger partial charge in [0.05, 0.1) is 25.2 Å². The molecule has 6 heteroatoms. The molecule has 0 aliphatic carbocycles. The third-order valence-corrected chi connectivity index (χ3v) is 11.9. The van der Waals surface area contributed by atoms with E-state index in [0.29, 0.717) is 19.3 Å². The number of hydrogen-bond donors (Lipinski definition) is 3. The lowest BCUT2D eigenvalue weighted by atomic mass is 10.0. The number of hydrogen-bond acceptors (Lipinski definition) is 5. The molecule has 0 spiro atoms. The third kappa shape index (κ3) is 44.2. The van der Waals surface area contributed by atoms with Gasteiger partial charge in [0.1, 0.15) is 6.10 Å². The van der Waals surface area contributed by atoms with Gasteiger partial charge in [0.2, 0.25) is 5.91 Å². The van der Waals surface area contributed by atoms with Crippen molar-refractivity contribution in [2.75, 3.05) is 6.61 Å². The zero-order chi connectivity index (χ0) is 45.2. The molecule has 3 unspecified atom stereocenters. The first-order valence-electron chi connectivity index (χ1n) is 26.5. The zero-order valence-corrected chi connectivity index (χ0v) is 41.0. The van der Waals surface area contributed by atoms with E-state index >= 15 is 0 Å². The Morgan fingerprint density at radius 2 is 0.935 bits per heavy atom. The van der Waals surface area contributed by atoms with E-state index in [0.717, 1.165) is 89.9 Å². The molecule has 0 rings (SSSR count). The maximum Gasteiger partial charge on any atom is 0.306 e. The number of unbranched alkanes of at least 4 members (excludes halogenated alkanes) is 27. The molecule has 3 N–H and O–H groups in total. The van der Waals surface area contributed by atoms with Gasteiger partial charge < -0.3 is 20.3 Å². The number of nitrogens with one attached hydrogen (secondary N) is 1. The average Bonchev–Trinajstić information content (AvgIpc) is 3.26. The number of esters is 1. The molecule has 1 amide bonds. The summed E-state index contributed by atoms with van der Waals surface area (Å²) >= 11 is 0. The van der Waals surface area contributed by atoms with Gasteiger partial charge in [-0.05, 0) is 77.0 Å². The van der Waals surface area contributed by atoms with Crippen molar-refractivity contribution in [1.82, 2.24) is 5.32 Å². The molecule has 0 aliphatic heterocycles. The summed E-state index contributed by atoms with van der Waals surface area (Å²) in [6.45, 7) is 6.36. The number of amides is 1. The van der Waals surface area contributed by atoms with Crippen LogP contribution in [0.3, 0.4) is 0 Å². The summed E-state index contributed by atoms with van der Waals surface area (Å²) in [7, 11) is 0. The molecule has 0 bridgehead atoms. The molecule has 0 aromatic carbocycles. The lowest BCUT2D eigenvalue weighted by Gasteiger charge is -2.24. The molecule has 6 nitrogen and oxygen atoms in total. The Bertz CT molecular complexity index is 1110. The molecule has 0 aromatic heterocycles. The van der Waals surface area contributed by atoms with E-state index in [-0.39, 0.29) is 24.9 Å². The van der Waals surface area contributed by atoms with E-state index in [1.807, 2.05) is 0 Å². The monoisotopic (exact) mass is 868 g/mol. The van der Waals surface area contributed by atoms with Crippen molar-refractivity contribution >= 4 is 11.9 Å². The zero-order valence-electron chi connectivity index (χ0n) is 41.0. The molecule has 0 saturated heterocycles. The number of ether oxygens (including phenoxy) is 1. The number of carbonyl (C=O) groups is 2. The fraction of sp³-hybridized carbons (Fsp3) is 0.786. The van der Waals surface area contributed by atoms with Gasteiger partial charge in [-0.1, -0.05) is 229 Å². The van der Waals surface area contributed by atoms with Crippen molar-refractivity contribution in [3.8, 4) is 0 Å². The smallest absolute Gasteiger partial charge is 0.306 e. The van der Waals surface area contributed by atoms with Crippen LogP contribution in [0.5, 0.6) is 0 Å². The summed E-state index contributed by atoms with van der Waals surface area (Å²) in [5, 5.41) is 23.8. The lowest BCUT2D eigenvalue weighted by molar-refractivity contribution is -0.151. The molecule has 0 saturated carbocycles. The largest absolute Gasteiger partial charge is 0.462 e. The first-order chi connectivity index (χ1) is 30.5. The van der Waals surface area contributed by atoms with Crippen LogP contribution in [0.4, 0.5) is 0 Å². The van der Waals surface area contributed by atoms with Gasteiger partial charge in [-0.25, -0.2) is 0 Å². The van der Waals surface area contributed by atoms with Crippen LogP contribution in [0.1, 0.15) is 258 Å². The maximum absolute atomic E-state index is 13.2. The van der Waals surface area contributed by atoms with Crippen molar-refractivity contribution in [1.29, 1.82) is 0 Å². The van der Waals surface area contributed by atoms with E-state index in [1.165, 1.54) is 122 Å². The predicted molar refractivity (Wildman–Crippen MR) is 268 cm³/mol. The van der Waals surface area contributed by atoms with Crippen LogP contribution in [0.2, 0.25) is 0 Å². The highest BCUT2D eigenvalue weighted by Gasteiger charge is 2.24. The van der Waals surface area contributed by atoms with Crippen molar-refractivity contribution in [3.63, 3.8) is 0 Å². The Labute approximate surface area is 384 Å². The highest BCUT2D eigenvalue weighted by molar-refractivity contribution is 5.77. The van der Waals surface area contributed by atoms with Gasteiger partial charge in [-0.15, -0.1) is 0 Å². The Morgan fingerprint density at radius 3 is 1.45 bits per heavy atom. The summed E-state index contributed by atoms with van der Waals surface area (Å²) in [5.41, 5.74) is 0. The molecule has 62 heavy (non-hydrogen) atoms. The average molecular weight is 868 g/mol. The fourth-order valence-electron chi connectivity index (χ4n) is 7.88. The second-order valence-electron chi connectivity index (χ2n) is 18.0. The summed E-state index contributed by atoms with van der Waals surface area (Å²) < 4.78 is 5.92. The molecule has 0 radical (unpaired) electrons. The maximum atomic E-state index is 13.2. The molecule has 0 aliphatic rings. The topological polar surface area (TPSA) is 95.9 Å². The number of allylic oxidation sites excluding steroid dienone is 10. The summed E-state index contributed by atoms with van der Waals surface area (Å²) in [5.74, 6) is -0.514. The van der Waals surface area contributed by atoms with Gasteiger partial charge in [-0.2, -0.15) is 0 Å². The van der Waals surface area contributed by atoms with Crippen LogP contribution in [-0.2, 0) is 14.3 Å². The minimum Gasteiger partial charge on any atom is -0.462 e. The fourth-order valence-corrected chi connectivity index (χ4v) is 7.88. The van der Waals surface area contributed by atoms with Crippen molar-refractivity contribution < 1.29 is 24.5 Å². The van der Waals surface area contributed by atoms with Gasteiger partial charge in [0.25, 0.3) is 0 Å². The highest BCUT2D eigenvalue weighted by atomic mass is 16.5. The Kier molecular flexibility index (Phi) is 47.6. The number of carbonyl (C=O) groups excluding carboxylic acids is 2. The Morgan fingerprint density at radius 1 is 0.500 bits per heavy atom. The van der Waals surface area contributed by atoms with Crippen molar-refractivity contribution in [2.45, 2.75) is 277 Å². The van der Waals surface area contributed by atoms with Crippen molar-refractivity contribution in [3.05, 3.63) is 60.8 Å². The molecular weight excluding hydrogens is 767 g/mol. The molecule has 360 valence electrons. The van der Waals surface area contributed by atoms with Gasteiger partial charge in [-0.3, -0.25) is 9.59 Å². The van der Waals surface area contributed by atoms with E-state index < -0.39 is 18.2 Å². The van der Waals surface area contributed by atoms with Crippen LogP contribution >= 0.6 is 0 Å². The minimum atomic E-state index is -0.799. The van der Waals surface area contributed by atoms with E-state index in [9.17, 15) is 19.8 Å². The summed E-state index contributed by atoms with van der Waals surface area (Å²) in [4.78, 5) is 26.2. The molecular formula is C56H101NO5. The normalized spacial score (nSPS) is 13.7. The van der Waals surface area contributed by atoms with Crippen LogP contribution in [0.15, 0.2) is 60.8 Å². The van der Waals surface area contributed by atoms with E-state index in [2.05, 4.69) is 86.8 Å². The number of rotatable bonds is 47. The quantitative estimate of drug-likeness (QED) is 0.0245. The Hall–Kier alpha value is -2.44. The second kappa shape index (κ2) is 49.6. The third-order valence-electron chi connectivity index (χ3n) is 11.9. The molecule has 0 heterocycles. The SMILES string of the molecule is CC/C=C/C/C=C/CCCCCCCCCC(=O)OC(CCCCC/C=C/C=C/C=C/CCCCCCC)CC(=O)NC(CO)C(O)CCCCCCCCCCCCCCC. The van der Waals surface area contributed by atoms with E-state index in [1.54, 1.807) is 0 Å². The van der Waals surface area contributed by atoms with Crippen LogP contribution < -0.4 is 5.32 Å². The molecule has 0 fully saturated rings. The van der Waals surface area contributed by atoms with Gasteiger partial charge in [0, 0.05) is 6.42 Å². The second-order valence-corrected chi connectivity index (χ2v) is 18.0. The van der Waals surface area contributed by atoms with Crippen LogP contribution in [-0.4, -0.2) is 46.9 Å². The van der Waals surface area contributed by atoms with Gasteiger partial charge >= 0.3 is 5.97 Å². The number of aliphatic hydroxyl groups is 2.